The minimum atomic E-state index is -1.35. The fraction of sp³-hybridized carbons (Fsp3) is 0.457. The molecule has 0 fully saturated rings. The highest BCUT2D eigenvalue weighted by Crippen LogP contribution is 2.27. The SMILES string of the molecule is COC(=O)N[C@H](C(=O)N(C[C@H](O)[C@H](Cc1ccccc1)NC(=O)[C@@H](NC(=O)OC)C(C)(C)C)C(N)c1ccc(-c2cncs2)cc1)C(C)C. The molecule has 5 atom stereocenters. The van der Waals surface area contributed by atoms with Gasteiger partial charge in [-0.3, -0.25) is 14.6 Å². The summed E-state index contributed by atoms with van der Waals surface area (Å²) in [5, 5.41) is 20.0. The highest BCUT2D eigenvalue weighted by Gasteiger charge is 2.38. The van der Waals surface area contributed by atoms with Crippen molar-refractivity contribution in [2.45, 2.75) is 71.4 Å². The van der Waals surface area contributed by atoms with Gasteiger partial charge in [-0.15, -0.1) is 11.3 Å². The average molecular weight is 697 g/mol. The van der Waals surface area contributed by atoms with Gasteiger partial charge in [-0.25, -0.2) is 9.59 Å². The number of aliphatic hydroxyl groups excluding tert-OH is 1. The van der Waals surface area contributed by atoms with Crippen LogP contribution in [0, 0.1) is 11.3 Å². The number of hydrogen-bond donors (Lipinski definition) is 5. The number of carbonyl (C=O) groups is 4. The number of nitrogens with zero attached hydrogens (tertiary/aromatic N) is 2. The molecule has 2 aromatic carbocycles. The molecule has 49 heavy (non-hydrogen) atoms. The highest BCUT2D eigenvalue weighted by atomic mass is 32.1. The number of methoxy groups -OCH3 is 2. The molecular formula is C35H48N6O7S. The molecule has 1 heterocycles. The molecule has 1 unspecified atom stereocenters. The number of hydrogen-bond acceptors (Lipinski definition) is 10. The third-order valence-electron chi connectivity index (χ3n) is 8.03. The monoisotopic (exact) mass is 696 g/mol. The molecule has 14 heteroatoms. The third-order valence-corrected chi connectivity index (χ3v) is 8.85. The van der Waals surface area contributed by atoms with E-state index < -0.39 is 59.8 Å². The Labute approximate surface area is 291 Å². The molecule has 0 bridgehead atoms. The van der Waals surface area contributed by atoms with Crippen LogP contribution in [-0.4, -0.2) is 84.0 Å². The minimum Gasteiger partial charge on any atom is -0.453 e. The first-order valence-corrected chi connectivity index (χ1v) is 16.8. The second-order valence-electron chi connectivity index (χ2n) is 13.1. The molecule has 0 spiro atoms. The molecular weight excluding hydrogens is 648 g/mol. The third kappa shape index (κ3) is 11.0. The van der Waals surface area contributed by atoms with Gasteiger partial charge >= 0.3 is 12.2 Å². The molecule has 3 rings (SSSR count). The number of benzene rings is 2. The van der Waals surface area contributed by atoms with E-state index in [4.69, 9.17) is 15.2 Å². The first-order valence-electron chi connectivity index (χ1n) is 15.9. The molecule has 4 amide bonds. The summed E-state index contributed by atoms with van der Waals surface area (Å²) >= 11 is 1.48. The molecule has 6 N–H and O–H groups in total. The molecule has 13 nitrogen and oxygen atoms in total. The second kappa shape index (κ2) is 17.7. The van der Waals surface area contributed by atoms with Crippen molar-refractivity contribution >= 4 is 35.3 Å². The van der Waals surface area contributed by atoms with Crippen molar-refractivity contribution in [2.75, 3.05) is 20.8 Å². The second-order valence-corrected chi connectivity index (χ2v) is 14.0. The maximum atomic E-state index is 14.2. The fourth-order valence-electron chi connectivity index (χ4n) is 5.20. The summed E-state index contributed by atoms with van der Waals surface area (Å²) < 4.78 is 9.53. The predicted octanol–water partition coefficient (Wildman–Crippen LogP) is 3.84. The van der Waals surface area contributed by atoms with Gasteiger partial charge in [-0.05, 0) is 34.4 Å². The van der Waals surface area contributed by atoms with E-state index in [0.717, 1.165) is 16.0 Å². The van der Waals surface area contributed by atoms with E-state index >= 15 is 0 Å². The highest BCUT2D eigenvalue weighted by molar-refractivity contribution is 7.13. The summed E-state index contributed by atoms with van der Waals surface area (Å²) in [7, 11) is 2.40. The smallest absolute Gasteiger partial charge is 0.407 e. The van der Waals surface area contributed by atoms with E-state index in [-0.39, 0.29) is 18.9 Å². The summed E-state index contributed by atoms with van der Waals surface area (Å²) in [5.41, 5.74) is 10.1. The van der Waals surface area contributed by atoms with Crippen LogP contribution in [0.4, 0.5) is 9.59 Å². The van der Waals surface area contributed by atoms with Crippen molar-refractivity contribution in [1.82, 2.24) is 25.8 Å². The van der Waals surface area contributed by atoms with Crippen molar-refractivity contribution in [2.24, 2.45) is 17.1 Å². The number of aliphatic hydroxyl groups is 1. The maximum Gasteiger partial charge on any atom is 0.407 e. The van der Waals surface area contributed by atoms with Crippen LogP contribution < -0.4 is 21.7 Å². The van der Waals surface area contributed by atoms with Crippen molar-refractivity contribution in [3.05, 3.63) is 77.4 Å². The summed E-state index contributed by atoms with van der Waals surface area (Å²) in [5.74, 6) is -1.47. The zero-order valence-corrected chi connectivity index (χ0v) is 29.8. The van der Waals surface area contributed by atoms with Crippen LogP contribution >= 0.6 is 11.3 Å². The number of carbonyl (C=O) groups excluding carboxylic acids is 4. The number of ether oxygens (including phenoxy) is 2. The topological polar surface area (TPSA) is 185 Å². The van der Waals surface area contributed by atoms with Gasteiger partial charge in [0, 0.05) is 6.20 Å². The summed E-state index contributed by atoms with van der Waals surface area (Å²) in [6.07, 6.45) is -2.02. The molecule has 266 valence electrons. The van der Waals surface area contributed by atoms with Crippen molar-refractivity contribution < 1.29 is 33.8 Å². The van der Waals surface area contributed by atoms with Gasteiger partial charge in [0.15, 0.2) is 0 Å². The maximum absolute atomic E-state index is 14.2. The van der Waals surface area contributed by atoms with Crippen molar-refractivity contribution in [1.29, 1.82) is 0 Å². The van der Waals surface area contributed by atoms with E-state index in [1.165, 1.54) is 30.5 Å². The Morgan fingerprint density at radius 2 is 1.55 bits per heavy atom. The van der Waals surface area contributed by atoms with Crippen LogP contribution in [0.25, 0.3) is 10.4 Å². The number of nitrogens with two attached hydrogens (primary N) is 1. The minimum absolute atomic E-state index is 0.192. The van der Waals surface area contributed by atoms with E-state index in [9.17, 15) is 24.3 Å². The van der Waals surface area contributed by atoms with Crippen LogP contribution in [0.3, 0.4) is 0 Å². The van der Waals surface area contributed by atoms with E-state index in [2.05, 4.69) is 20.9 Å². The number of alkyl carbamates (subject to hydrolysis) is 2. The molecule has 0 aliphatic rings. The van der Waals surface area contributed by atoms with Gasteiger partial charge in [0.05, 0.1) is 43.3 Å². The van der Waals surface area contributed by atoms with Gasteiger partial charge in [0.1, 0.15) is 18.2 Å². The molecule has 1 aromatic heterocycles. The summed E-state index contributed by atoms with van der Waals surface area (Å²) in [6.45, 7) is 8.58. The van der Waals surface area contributed by atoms with Crippen LogP contribution in [0.15, 0.2) is 66.3 Å². The lowest BCUT2D eigenvalue weighted by molar-refractivity contribution is -0.139. The van der Waals surface area contributed by atoms with Gasteiger partial charge in [-0.2, -0.15) is 0 Å². The zero-order chi connectivity index (χ0) is 36.3. The van der Waals surface area contributed by atoms with E-state index in [1.54, 1.807) is 58.5 Å². The Bertz CT molecular complexity index is 1510. The van der Waals surface area contributed by atoms with Crippen molar-refractivity contribution in [3.8, 4) is 10.4 Å². The quantitative estimate of drug-likeness (QED) is 0.156. The first-order chi connectivity index (χ1) is 23.2. The summed E-state index contributed by atoms with van der Waals surface area (Å²) in [4.78, 5) is 58.8. The summed E-state index contributed by atoms with van der Waals surface area (Å²) in [6, 6.07) is 13.6. The Kier molecular flexibility index (Phi) is 14.1. The van der Waals surface area contributed by atoms with Gasteiger partial charge in [0.2, 0.25) is 11.8 Å². The predicted molar refractivity (Wildman–Crippen MR) is 187 cm³/mol. The number of amides is 4. The molecule has 0 radical (unpaired) electrons. The lowest BCUT2D eigenvalue weighted by Crippen LogP contribution is -2.60. The average Bonchev–Trinajstić information content (AvgIpc) is 3.62. The van der Waals surface area contributed by atoms with E-state index in [0.29, 0.717) is 5.56 Å². The standard InChI is InChI=1S/C35H48N6O7S/c1-21(2)28(39-33(45)47-6)32(44)41(30(36)24-15-13-23(14-16-24)27-18-37-20-49-27)19-26(42)25(17-22-11-9-8-10-12-22)38-31(43)29(35(3,4)5)40-34(46)48-7/h8-16,18,20-21,25-26,28-30,42H,17,19,36H2,1-7H3,(H,38,43)(H,39,45)(H,40,46)/t25-,26-,28-,29+,30?/m0/s1. The van der Waals surface area contributed by atoms with Gasteiger partial charge < -0.3 is 41.2 Å². The fourth-order valence-corrected chi connectivity index (χ4v) is 5.83. The van der Waals surface area contributed by atoms with Crippen LogP contribution in [0.2, 0.25) is 0 Å². The molecule has 3 aromatic rings. The Morgan fingerprint density at radius 3 is 2.08 bits per heavy atom. The molecule has 0 saturated heterocycles. The van der Waals surface area contributed by atoms with Crippen LogP contribution in [0.1, 0.15) is 51.9 Å². The molecule has 0 aliphatic carbocycles. The van der Waals surface area contributed by atoms with Gasteiger partial charge in [-0.1, -0.05) is 89.2 Å². The Hall–Kier alpha value is -4.53. The van der Waals surface area contributed by atoms with E-state index in [1.807, 2.05) is 42.5 Å². The Balaban J connectivity index is 2.01. The number of nitrogens with one attached hydrogen (secondary N) is 3. The zero-order valence-electron chi connectivity index (χ0n) is 29.0. The van der Waals surface area contributed by atoms with Crippen molar-refractivity contribution in [3.63, 3.8) is 0 Å². The van der Waals surface area contributed by atoms with Crippen LogP contribution in [-0.2, 0) is 25.5 Å². The normalized spacial score (nSPS) is 14.5. The molecule has 0 saturated carbocycles. The number of rotatable bonds is 14. The lowest BCUT2D eigenvalue weighted by atomic mass is 9.85. The largest absolute Gasteiger partial charge is 0.453 e. The Morgan fingerprint density at radius 1 is 0.939 bits per heavy atom. The van der Waals surface area contributed by atoms with Gasteiger partial charge in [0.25, 0.3) is 0 Å². The molecule has 0 aliphatic heterocycles. The number of aromatic nitrogens is 1. The van der Waals surface area contributed by atoms with Crippen LogP contribution in [0.5, 0.6) is 0 Å². The number of thiazole rings is 1. The lowest BCUT2D eigenvalue weighted by Gasteiger charge is -2.37. The first kappa shape index (κ1) is 38.9.